The van der Waals surface area contributed by atoms with E-state index in [1.54, 1.807) is 0 Å². The topological polar surface area (TPSA) is 119 Å². The van der Waals surface area contributed by atoms with Crippen molar-refractivity contribution in [3.8, 4) is 0 Å². The predicted molar refractivity (Wildman–Crippen MR) is 183 cm³/mol. The first-order valence-electron chi connectivity index (χ1n) is 18.3. The van der Waals surface area contributed by atoms with Crippen LogP contribution in [0.1, 0.15) is 134 Å². The number of aliphatic carboxylic acids is 1. The summed E-state index contributed by atoms with van der Waals surface area (Å²) < 4.78 is 12.8. The average molecular weight is 646 g/mol. The Morgan fingerprint density at radius 2 is 1.70 bits per heavy atom. The van der Waals surface area contributed by atoms with Crippen molar-refractivity contribution in [2.45, 2.75) is 158 Å². The molecule has 0 aromatic rings. The Morgan fingerprint density at radius 3 is 2.22 bits per heavy atom. The zero-order valence-electron chi connectivity index (χ0n) is 31.2. The zero-order chi connectivity index (χ0) is 34.8. The summed E-state index contributed by atoms with van der Waals surface area (Å²) in [7, 11) is 0. The highest BCUT2D eigenvalue weighted by atomic mass is 16.6. The van der Waals surface area contributed by atoms with Crippen LogP contribution in [0.4, 0.5) is 0 Å². The van der Waals surface area contributed by atoms with Crippen LogP contribution in [0.2, 0.25) is 0 Å². The maximum atomic E-state index is 13.4. The number of carboxylic acids is 1. The molecular formula is C39H67NO6. The Hall–Kier alpha value is -1.44. The lowest BCUT2D eigenvalue weighted by atomic mass is 9.34. The summed E-state index contributed by atoms with van der Waals surface area (Å²) in [6, 6.07) is 0. The monoisotopic (exact) mass is 645 g/mol. The summed E-state index contributed by atoms with van der Waals surface area (Å²) >= 11 is 0. The molecule has 0 spiro atoms. The van der Waals surface area contributed by atoms with Crippen molar-refractivity contribution >= 4 is 11.9 Å². The first-order valence-corrected chi connectivity index (χ1v) is 18.3. The summed E-state index contributed by atoms with van der Waals surface area (Å²) in [6.07, 6.45) is 7.23. The lowest BCUT2D eigenvalue weighted by Crippen LogP contribution is -2.68. The lowest BCUT2D eigenvalue weighted by molar-refractivity contribution is -0.232. The van der Waals surface area contributed by atoms with E-state index in [1.807, 2.05) is 13.8 Å². The molecule has 0 bridgehead atoms. The van der Waals surface area contributed by atoms with Crippen LogP contribution in [0, 0.1) is 56.7 Å². The summed E-state index contributed by atoms with van der Waals surface area (Å²) in [6.45, 7) is 26.0. The maximum absolute atomic E-state index is 13.4. The summed E-state index contributed by atoms with van der Waals surface area (Å²) in [4.78, 5) is 25.9. The highest BCUT2D eigenvalue weighted by Gasteiger charge is 2.71. The van der Waals surface area contributed by atoms with Crippen LogP contribution in [0.25, 0.3) is 0 Å². The molecule has 0 radical (unpaired) electrons. The molecule has 7 heteroatoms. The molecule has 0 amide bonds. The summed E-state index contributed by atoms with van der Waals surface area (Å²) in [5.74, 6) is -0.578. The van der Waals surface area contributed by atoms with Crippen molar-refractivity contribution in [2.24, 2.45) is 62.4 Å². The molecule has 0 heterocycles. The highest BCUT2D eigenvalue weighted by molar-refractivity contribution is 5.73. The van der Waals surface area contributed by atoms with Gasteiger partial charge in [0.25, 0.3) is 0 Å². The number of hydrogen-bond donors (Lipinski definition) is 3. The molecule has 3 saturated carbocycles. The smallest absolute Gasteiger partial charge is 0.307 e. The van der Waals surface area contributed by atoms with Crippen LogP contribution in [0.5, 0.6) is 0 Å². The van der Waals surface area contributed by atoms with Crippen LogP contribution in [0.3, 0.4) is 0 Å². The van der Waals surface area contributed by atoms with E-state index in [9.17, 15) is 19.8 Å². The second kappa shape index (κ2) is 12.5. The van der Waals surface area contributed by atoms with Crippen molar-refractivity contribution in [1.29, 1.82) is 0 Å². The molecule has 4 aliphatic rings. The maximum Gasteiger partial charge on any atom is 0.307 e. The molecular weight excluding hydrogens is 578 g/mol. The minimum Gasteiger partial charge on any atom is -0.481 e. The van der Waals surface area contributed by atoms with Gasteiger partial charge in [-0.15, -0.1) is 0 Å². The van der Waals surface area contributed by atoms with Gasteiger partial charge in [0.15, 0.2) is 0 Å². The quantitative estimate of drug-likeness (QED) is 0.164. The second-order valence-corrected chi connectivity index (χ2v) is 18.1. The number of allylic oxidation sites excluding steroid dienone is 1. The molecule has 12 unspecified atom stereocenters. The van der Waals surface area contributed by atoms with Gasteiger partial charge in [0.05, 0.1) is 18.1 Å². The van der Waals surface area contributed by atoms with Crippen molar-refractivity contribution < 1.29 is 29.3 Å². The van der Waals surface area contributed by atoms with E-state index in [0.717, 1.165) is 32.1 Å². The van der Waals surface area contributed by atoms with Gasteiger partial charge < -0.3 is 25.4 Å². The average Bonchev–Trinajstić information content (AvgIpc) is 2.94. The van der Waals surface area contributed by atoms with E-state index < -0.39 is 40.3 Å². The van der Waals surface area contributed by atoms with Gasteiger partial charge in [0.2, 0.25) is 0 Å². The number of carbonyl (C=O) groups excluding carboxylic acids is 1. The Balaban J connectivity index is 1.82. The number of hydrogen-bond acceptors (Lipinski definition) is 6. The first kappa shape index (κ1) is 37.4. The van der Waals surface area contributed by atoms with Gasteiger partial charge in [-0.3, -0.25) is 9.59 Å². The standard InChI is InChI=1S/C39H67NO6/c1-13-35(9,40)20-21-45-32-29(46-26(6)42)22-39(25(5)41)28-16-17-38(12)31(33(43)44)36(10,24(4)23(2)3)18-19-37(38,11)27(28)14-15-30(39)34(32,7)8/h16,23-25,27,29-32,41H,13-15,17-22,40H2,1-12H3,(H,43,44). The zero-order valence-corrected chi connectivity index (χ0v) is 31.2. The van der Waals surface area contributed by atoms with Gasteiger partial charge in [-0.1, -0.05) is 74.0 Å². The number of esters is 1. The van der Waals surface area contributed by atoms with Crippen LogP contribution >= 0.6 is 0 Å². The fraction of sp³-hybridized carbons (Fsp3) is 0.897. The third-order valence-electron chi connectivity index (χ3n) is 15.2. The fourth-order valence-electron chi connectivity index (χ4n) is 11.7. The molecule has 4 aliphatic carbocycles. The Bertz CT molecular complexity index is 1190. The van der Waals surface area contributed by atoms with Gasteiger partial charge in [-0.25, -0.2) is 0 Å². The largest absolute Gasteiger partial charge is 0.481 e. The molecule has 0 aliphatic heterocycles. The Labute approximate surface area is 279 Å². The Kier molecular flexibility index (Phi) is 10.1. The van der Waals surface area contributed by atoms with Crippen molar-refractivity contribution in [1.82, 2.24) is 0 Å². The molecule has 12 atom stereocenters. The highest BCUT2D eigenvalue weighted by Crippen LogP contribution is 2.74. The third-order valence-corrected chi connectivity index (χ3v) is 15.2. The molecule has 7 nitrogen and oxygen atoms in total. The first-order chi connectivity index (χ1) is 21.1. The molecule has 4 N–H and O–H groups in total. The molecule has 4 rings (SSSR count). The number of fused-ring (bicyclic) bond motifs is 5. The van der Waals surface area contributed by atoms with Gasteiger partial charge in [-0.2, -0.15) is 0 Å². The van der Waals surface area contributed by atoms with E-state index in [0.29, 0.717) is 31.8 Å². The number of nitrogens with two attached hydrogens (primary N) is 1. The van der Waals surface area contributed by atoms with E-state index in [4.69, 9.17) is 15.2 Å². The van der Waals surface area contributed by atoms with E-state index in [-0.39, 0.29) is 46.2 Å². The van der Waals surface area contributed by atoms with Crippen LogP contribution in [-0.2, 0) is 19.1 Å². The van der Waals surface area contributed by atoms with Gasteiger partial charge in [0, 0.05) is 24.5 Å². The van der Waals surface area contributed by atoms with Crippen LogP contribution in [-0.4, -0.2) is 52.6 Å². The molecule has 3 fully saturated rings. The molecule has 0 aromatic heterocycles. The summed E-state index contributed by atoms with van der Waals surface area (Å²) in [5, 5.41) is 22.9. The minimum atomic E-state index is -0.676. The number of rotatable bonds is 10. The number of aliphatic hydroxyl groups is 1. The second-order valence-electron chi connectivity index (χ2n) is 18.1. The number of ether oxygens (including phenoxy) is 2. The van der Waals surface area contributed by atoms with E-state index >= 15 is 0 Å². The number of carbonyl (C=O) groups is 2. The number of aliphatic hydroxyl groups excluding tert-OH is 1. The molecule has 0 saturated heterocycles. The molecule has 46 heavy (non-hydrogen) atoms. The van der Waals surface area contributed by atoms with Gasteiger partial charge in [0.1, 0.15) is 6.10 Å². The fourth-order valence-corrected chi connectivity index (χ4v) is 11.7. The van der Waals surface area contributed by atoms with E-state index in [1.165, 1.54) is 12.5 Å². The predicted octanol–water partition coefficient (Wildman–Crippen LogP) is 7.78. The minimum absolute atomic E-state index is 0.104. The SMILES string of the molecule is CCC(C)(N)CCOC1C(OC(C)=O)CC2(C(C)O)C3=CCC4(C)C(C(=O)O)C(C)(C(C)C(C)C)CCC4(C)C3CCC2C1(C)C. The van der Waals surface area contributed by atoms with Gasteiger partial charge in [-0.05, 0) is 111 Å². The summed E-state index contributed by atoms with van der Waals surface area (Å²) in [5.41, 5.74) is 5.41. The third kappa shape index (κ3) is 5.60. The van der Waals surface area contributed by atoms with Crippen molar-refractivity contribution in [2.75, 3.05) is 6.61 Å². The van der Waals surface area contributed by atoms with Gasteiger partial charge >= 0.3 is 11.9 Å². The number of carboxylic acid groups (broad SMARTS) is 1. The van der Waals surface area contributed by atoms with Crippen molar-refractivity contribution in [3.05, 3.63) is 11.6 Å². The van der Waals surface area contributed by atoms with Crippen LogP contribution in [0.15, 0.2) is 11.6 Å². The van der Waals surface area contributed by atoms with Crippen LogP contribution < -0.4 is 5.73 Å². The molecule has 0 aromatic carbocycles. The lowest BCUT2D eigenvalue weighted by Gasteiger charge is -2.70. The van der Waals surface area contributed by atoms with E-state index in [2.05, 4.69) is 68.4 Å². The normalized spacial score (nSPS) is 42.8. The Morgan fingerprint density at radius 1 is 1.07 bits per heavy atom. The van der Waals surface area contributed by atoms with Crippen molar-refractivity contribution in [3.63, 3.8) is 0 Å². The molecule has 264 valence electrons.